The van der Waals surface area contributed by atoms with Gasteiger partial charge in [0, 0.05) is 17.1 Å². The first kappa shape index (κ1) is 14.0. The number of nitro benzene ring substituents is 1. The zero-order valence-corrected chi connectivity index (χ0v) is 12.6. The molecule has 1 aromatic carbocycles. The summed E-state index contributed by atoms with van der Waals surface area (Å²) in [5.41, 5.74) is 0.955. The fraction of sp³-hybridized carbons (Fsp3) is 0.471. The number of carbonyl (C=O) groups is 1. The third-order valence-electron chi connectivity index (χ3n) is 5.81. The van der Waals surface area contributed by atoms with Gasteiger partial charge in [-0.15, -0.1) is 0 Å². The number of carbonyl (C=O) groups excluding carboxylic acids is 1. The lowest BCUT2D eigenvalue weighted by molar-refractivity contribution is -0.385. The number of allylic oxidation sites excluding steroid dienone is 1. The van der Waals surface area contributed by atoms with Gasteiger partial charge in [-0.3, -0.25) is 14.9 Å². The minimum absolute atomic E-state index is 0.0588. The van der Waals surface area contributed by atoms with Crippen molar-refractivity contribution in [2.24, 2.45) is 16.7 Å². The number of hydrogen-bond donors (Lipinski definition) is 0. The Labute approximate surface area is 124 Å². The lowest BCUT2D eigenvalue weighted by Gasteiger charge is -2.31. The lowest BCUT2D eigenvalue weighted by atomic mass is 9.70. The Morgan fingerprint density at radius 2 is 1.95 bits per heavy atom. The van der Waals surface area contributed by atoms with Crippen molar-refractivity contribution < 1.29 is 9.72 Å². The van der Waals surface area contributed by atoms with E-state index in [0.29, 0.717) is 5.56 Å². The molecule has 2 atom stereocenters. The summed E-state index contributed by atoms with van der Waals surface area (Å²) in [4.78, 5) is 23.5. The molecule has 110 valence electrons. The fourth-order valence-electron chi connectivity index (χ4n) is 4.04. The standard InChI is InChI=1S/C17H19NO3/c1-16(2)13-8-9-17(16,3)15(19)12(13)10-11-6-4-5-7-14(11)18(20)21/h4-7,10,13H,8-9H2,1-3H3/b12-10+. The average Bonchev–Trinajstić information content (AvgIpc) is 2.73. The molecule has 0 amide bonds. The van der Waals surface area contributed by atoms with Crippen molar-refractivity contribution in [3.63, 3.8) is 0 Å². The van der Waals surface area contributed by atoms with E-state index in [4.69, 9.17) is 0 Å². The third kappa shape index (κ3) is 1.71. The van der Waals surface area contributed by atoms with Crippen LogP contribution >= 0.6 is 0 Å². The van der Waals surface area contributed by atoms with Gasteiger partial charge in [-0.1, -0.05) is 32.9 Å². The maximum absolute atomic E-state index is 12.8. The molecule has 2 aliphatic rings. The molecular weight excluding hydrogens is 266 g/mol. The maximum Gasteiger partial charge on any atom is 0.276 e. The number of nitrogens with zero attached hydrogens (tertiary/aromatic N) is 1. The molecule has 2 saturated carbocycles. The van der Waals surface area contributed by atoms with Crippen LogP contribution in [0.2, 0.25) is 0 Å². The largest absolute Gasteiger partial charge is 0.294 e. The number of rotatable bonds is 2. The SMILES string of the molecule is CC12CCC(/C(=C\c3ccccc3[N+](=O)[O-])C1=O)C2(C)C. The summed E-state index contributed by atoms with van der Waals surface area (Å²) in [6, 6.07) is 6.61. The second-order valence-corrected chi connectivity index (χ2v) is 6.89. The first-order valence-corrected chi connectivity index (χ1v) is 7.29. The predicted octanol–water partition coefficient (Wildman–Crippen LogP) is 4.00. The van der Waals surface area contributed by atoms with Gasteiger partial charge in [0.1, 0.15) is 0 Å². The smallest absolute Gasteiger partial charge is 0.276 e. The molecule has 4 nitrogen and oxygen atoms in total. The molecule has 0 N–H and O–H groups in total. The van der Waals surface area contributed by atoms with E-state index in [0.717, 1.165) is 18.4 Å². The van der Waals surface area contributed by atoms with Crippen molar-refractivity contribution in [3.05, 3.63) is 45.5 Å². The Morgan fingerprint density at radius 3 is 2.52 bits per heavy atom. The van der Waals surface area contributed by atoms with Crippen LogP contribution in [-0.2, 0) is 4.79 Å². The van der Waals surface area contributed by atoms with Crippen molar-refractivity contribution in [1.29, 1.82) is 0 Å². The van der Waals surface area contributed by atoms with Gasteiger partial charge in [0.15, 0.2) is 5.78 Å². The molecule has 4 heteroatoms. The van der Waals surface area contributed by atoms with Crippen LogP contribution in [0.3, 0.4) is 0 Å². The van der Waals surface area contributed by atoms with Gasteiger partial charge in [0.05, 0.1) is 10.5 Å². The van der Waals surface area contributed by atoms with Crippen molar-refractivity contribution in [2.75, 3.05) is 0 Å². The van der Waals surface area contributed by atoms with Gasteiger partial charge >= 0.3 is 0 Å². The number of ketones is 1. The summed E-state index contributed by atoms with van der Waals surface area (Å²) in [5.74, 6) is 0.372. The Hall–Kier alpha value is -1.97. The third-order valence-corrected chi connectivity index (χ3v) is 5.81. The maximum atomic E-state index is 12.8. The van der Waals surface area contributed by atoms with E-state index >= 15 is 0 Å². The first-order valence-electron chi connectivity index (χ1n) is 7.29. The van der Waals surface area contributed by atoms with Crippen LogP contribution in [0.4, 0.5) is 5.69 Å². The highest BCUT2D eigenvalue weighted by molar-refractivity contribution is 6.08. The van der Waals surface area contributed by atoms with Gasteiger partial charge < -0.3 is 0 Å². The topological polar surface area (TPSA) is 60.2 Å². The molecule has 2 fully saturated rings. The molecule has 2 unspecified atom stereocenters. The molecule has 0 radical (unpaired) electrons. The van der Waals surface area contributed by atoms with E-state index in [1.807, 2.05) is 6.92 Å². The number of benzene rings is 1. The molecule has 1 aromatic rings. The minimum atomic E-state index is -0.392. The zero-order valence-electron chi connectivity index (χ0n) is 12.6. The number of Topliss-reactive ketones (excluding diaryl/α,β-unsaturated/α-hetero) is 1. The summed E-state index contributed by atoms with van der Waals surface area (Å²) < 4.78 is 0. The quantitative estimate of drug-likeness (QED) is 0.468. The summed E-state index contributed by atoms with van der Waals surface area (Å²) in [7, 11) is 0. The number of nitro groups is 1. The lowest BCUT2D eigenvalue weighted by Crippen LogP contribution is -2.32. The van der Waals surface area contributed by atoms with E-state index in [1.165, 1.54) is 6.07 Å². The molecule has 0 heterocycles. The van der Waals surface area contributed by atoms with Crippen molar-refractivity contribution in [2.45, 2.75) is 33.6 Å². The van der Waals surface area contributed by atoms with Gasteiger partial charge in [0.2, 0.25) is 0 Å². The molecule has 2 bridgehead atoms. The highest BCUT2D eigenvalue weighted by Gasteiger charge is 2.63. The van der Waals surface area contributed by atoms with E-state index in [1.54, 1.807) is 24.3 Å². The molecule has 2 aliphatic carbocycles. The predicted molar refractivity (Wildman–Crippen MR) is 80.7 cm³/mol. The molecule has 3 rings (SSSR count). The summed E-state index contributed by atoms with van der Waals surface area (Å²) in [6.07, 6.45) is 3.65. The molecule has 0 aliphatic heterocycles. The van der Waals surface area contributed by atoms with E-state index in [9.17, 15) is 14.9 Å². The van der Waals surface area contributed by atoms with E-state index < -0.39 is 4.92 Å². The summed E-state index contributed by atoms with van der Waals surface area (Å²) in [6.45, 7) is 6.32. The van der Waals surface area contributed by atoms with Crippen LogP contribution in [0.15, 0.2) is 29.8 Å². The average molecular weight is 285 g/mol. The Morgan fingerprint density at radius 1 is 1.29 bits per heavy atom. The number of hydrogen-bond acceptors (Lipinski definition) is 3. The van der Waals surface area contributed by atoms with Crippen LogP contribution in [0.1, 0.15) is 39.2 Å². The Bertz CT molecular complexity index is 674. The minimum Gasteiger partial charge on any atom is -0.294 e. The second kappa shape index (κ2) is 4.26. The highest BCUT2D eigenvalue weighted by atomic mass is 16.6. The van der Waals surface area contributed by atoms with Crippen LogP contribution in [0.5, 0.6) is 0 Å². The first-order chi connectivity index (χ1) is 9.79. The van der Waals surface area contributed by atoms with Crippen LogP contribution < -0.4 is 0 Å². The van der Waals surface area contributed by atoms with Crippen molar-refractivity contribution >= 4 is 17.5 Å². The van der Waals surface area contributed by atoms with Crippen LogP contribution in [-0.4, -0.2) is 10.7 Å². The van der Waals surface area contributed by atoms with Gasteiger partial charge in [-0.2, -0.15) is 0 Å². The molecular formula is C17H19NO3. The fourth-order valence-corrected chi connectivity index (χ4v) is 4.04. The monoisotopic (exact) mass is 285 g/mol. The second-order valence-electron chi connectivity index (χ2n) is 6.89. The van der Waals surface area contributed by atoms with E-state index in [2.05, 4.69) is 13.8 Å². The normalized spacial score (nSPS) is 31.9. The van der Waals surface area contributed by atoms with Gasteiger partial charge in [-0.25, -0.2) is 0 Å². The molecule has 21 heavy (non-hydrogen) atoms. The number of fused-ring (bicyclic) bond motifs is 2. The number of para-hydroxylation sites is 1. The highest BCUT2D eigenvalue weighted by Crippen LogP contribution is 2.65. The summed E-state index contributed by atoms with van der Waals surface area (Å²) in [5, 5.41) is 11.1. The van der Waals surface area contributed by atoms with Crippen LogP contribution in [0.25, 0.3) is 6.08 Å². The van der Waals surface area contributed by atoms with Gasteiger partial charge in [0.25, 0.3) is 5.69 Å². The Balaban J connectivity index is 2.11. The molecule has 0 aromatic heterocycles. The van der Waals surface area contributed by atoms with E-state index in [-0.39, 0.29) is 28.2 Å². The van der Waals surface area contributed by atoms with Gasteiger partial charge in [-0.05, 0) is 36.3 Å². The van der Waals surface area contributed by atoms with Crippen LogP contribution in [0, 0.1) is 26.9 Å². The Kier molecular flexibility index (Phi) is 2.84. The van der Waals surface area contributed by atoms with Crippen molar-refractivity contribution in [1.82, 2.24) is 0 Å². The van der Waals surface area contributed by atoms with Crippen molar-refractivity contribution in [3.8, 4) is 0 Å². The molecule has 0 saturated heterocycles. The zero-order chi connectivity index (χ0) is 15.4. The molecule has 0 spiro atoms. The summed E-state index contributed by atoms with van der Waals surface area (Å²) >= 11 is 0.